The van der Waals surface area contributed by atoms with Gasteiger partial charge < -0.3 is 10.4 Å². The molecule has 1 saturated carbocycles. The molecule has 0 amide bonds. The number of aliphatic hydroxyl groups excluding tert-OH is 1. The van der Waals surface area contributed by atoms with Crippen molar-refractivity contribution < 1.29 is 5.11 Å². The van der Waals surface area contributed by atoms with E-state index in [2.05, 4.69) is 35.0 Å². The highest BCUT2D eigenvalue weighted by Gasteiger charge is 2.26. The van der Waals surface area contributed by atoms with Crippen LogP contribution in [0.2, 0.25) is 0 Å². The van der Waals surface area contributed by atoms with Gasteiger partial charge in [-0.2, -0.15) is 5.10 Å². The quantitative estimate of drug-likeness (QED) is 0.785. The Morgan fingerprint density at radius 3 is 2.81 bits per heavy atom. The molecule has 1 aromatic heterocycles. The minimum absolute atomic E-state index is 0.0835. The molecule has 1 aliphatic carbocycles. The van der Waals surface area contributed by atoms with E-state index in [1.807, 2.05) is 0 Å². The maximum atomic E-state index is 9.20. The monoisotopic (exact) mass is 223 g/mol. The van der Waals surface area contributed by atoms with Crippen molar-refractivity contribution in [3.63, 3.8) is 0 Å². The largest absolute Gasteiger partial charge is 0.393 e. The van der Waals surface area contributed by atoms with E-state index in [9.17, 15) is 5.11 Å². The molecule has 1 aromatic rings. The van der Waals surface area contributed by atoms with E-state index in [0.29, 0.717) is 6.04 Å². The molecular formula is C12H21N3O. The SMILES string of the molecule is CCc1cc(CNC2CC(O)C2)n(CC)n1. The minimum atomic E-state index is -0.0835. The van der Waals surface area contributed by atoms with Crippen molar-refractivity contribution in [2.75, 3.05) is 0 Å². The second-order valence-corrected chi connectivity index (χ2v) is 4.50. The van der Waals surface area contributed by atoms with Gasteiger partial charge in [-0.15, -0.1) is 0 Å². The highest BCUT2D eigenvalue weighted by Crippen LogP contribution is 2.19. The van der Waals surface area contributed by atoms with Crippen molar-refractivity contribution in [2.45, 2.75) is 58.3 Å². The van der Waals surface area contributed by atoms with Gasteiger partial charge in [0.2, 0.25) is 0 Å². The predicted molar refractivity (Wildman–Crippen MR) is 63.1 cm³/mol. The van der Waals surface area contributed by atoms with Crippen LogP contribution in [0.5, 0.6) is 0 Å². The van der Waals surface area contributed by atoms with Crippen molar-refractivity contribution in [1.29, 1.82) is 0 Å². The van der Waals surface area contributed by atoms with Gasteiger partial charge in [0.15, 0.2) is 0 Å². The van der Waals surface area contributed by atoms with E-state index in [-0.39, 0.29) is 6.10 Å². The molecule has 0 aromatic carbocycles. The smallest absolute Gasteiger partial charge is 0.0625 e. The molecule has 1 aliphatic rings. The number of aromatic nitrogens is 2. The Morgan fingerprint density at radius 1 is 1.50 bits per heavy atom. The van der Waals surface area contributed by atoms with Crippen LogP contribution in [0.3, 0.4) is 0 Å². The van der Waals surface area contributed by atoms with Crippen LogP contribution in [-0.4, -0.2) is 27.0 Å². The van der Waals surface area contributed by atoms with Gasteiger partial charge in [0, 0.05) is 19.1 Å². The first-order chi connectivity index (χ1) is 7.72. The molecule has 0 radical (unpaired) electrons. The Labute approximate surface area is 96.7 Å². The topological polar surface area (TPSA) is 50.1 Å². The Morgan fingerprint density at radius 2 is 2.25 bits per heavy atom. The molecule has 4 heteroatoms. The van der Waals surface area contributed by atoms with E-state index < -0.39 is 0 Å². The summed E-state index contributed by atoms with van der Waals surface area (Å²) in [6, 6.07) is 2.66. The lowest BCUT2D eigenvalue weighted by atomic mass is 9.89. The van der Waals surface area contributed by atoms with Crippen LogP contribution < -0.4 is 5.32 Å². The second-order valence-electron chi connectivity index (χ2n) is 4.50. The molecule has 2 rings (SSSR count). The molecule has 0 spiro atoms. The van der Waals surface area contributed by atoms with E-state index >= 15 is 0 Å². The second kappa shape index (κ2) is 4.97. The molecular weight excluding hydrogens is 202 g/mol. The number of aliphatic hydroxyl groups is 1. The first-order valence-corrected chi connectivity index (χ1v) is 6.20. The molecule has 0 unspecified atom stereocenters. The van der Waals surface area contributed by atoms with Gasteiger partial charge in [-0.3, -0.25) is 4.68 Å². The molecule has 0 atom stereocenters. The van der Waals surface area contributed by atoms with Gasteiger partial charge in [0.05, 0.1) is 17.5 Å². The van der Waals surface area contributed by atoms with Crippen molar-refractivity contribution in [1.82, 2.24) is 15.1 Å². The zero-order valence-electron chi connectivity index (χ0n) is 10.1. The number of aryl methyl sites for hydroxylation is 2. The molecule has 4 nitrogen and oxygen atoms in total. The predicted octanol–water partition coefficient (Wildman–Crippen LogP) is 1.08. The normalized spacial score (nSPS) is 24.4. The summed E-state index contributed by atoms with van der Waals surface area (Å²) in [6.07, 6.45) is 2.68. The molecule has 2 N–H and O–H groups in total. The van der Waals surface area contributed by atoms with Crippen LogP contribution in [0.4, 0.5) is 0 Å². The number of nitrogens with one attached hydrogen (secondary N) is 1. The lowest BCUT2D eigenvalue weighted by molar-refractivity contribution is 0.0616. The summed E-state index contributed by atoms with van der Waals surface area (Å²) < 4.78 is 2.06. The lowest BCUT2D eigenvalue weighted by Crippen LogP contribution is -2.43. The average molecular weight is 223 g/mol. The Bertz CT molecular complexity index is 342. The van der Waals surface area contributed by atoms with Gasteiger partial charge in [-0.05, 0) is 32.3 Å². The molecule has 1 heterocycles. The summed E-state index contributed by atoms with van der Waals surface area (Å²) in [7, 11) is 0. The van der Waals surface area contributed by atoms with Gasteiger partial charge in [0.1, 0.15) is 0 Å². The van der Waals surface area contributed by atoms with E-state index in [0.717, 1.165) is 38.0 Å². The summed E-state index contributed by atoms with van der Waals surface area (Å²) in [5, 5.41) is 17.2. The van der Waals surface area contributed by atoms with E-state index in [1.54, 1.807) is 0 Å². The molecule has 0 saturated heterocycles. The Balaban J connectivity index is 1.89. The standard InChI is InChI=1S/C12H21N3O/c1-3-9-5-11(15(4-2)14-9)8-13-10-6-12(16)7-10/h5,10,12-13,16H,3-4,6-8H2,1-2H3. The minimum Gasteiger partial charge on any atom is -0.393 e. The van der Waals surface area contributed by atoms with Crippen molar-refractivity contribution in [3.05, 3.63) is 17.5 Å². The van der Waals surface area contributed by atoms with Crippen LogP contribution in [0.1, 0.15) is 38.1 Å². The highest BCUT2D eigenvalue weighted by atomic mass is 16.3. The molecule has 0 bridgehead atoms. The molecule has 90 valence electrons. The third-order valence-electron chi connectivity index (χ3n) is 3.26. The van der Waals surface area contributed by atoms with E-state index in [4.69, 9.17) is 0 Å². The van der Waals surface area contributed by atoms with Crippen LogP contribution in [-0.2, 0) is 19.5 Å². The van der Waals surface area contributed by atoms with Gasteiger partial charge in [0.25, 0.3) is 0 Å². The zero-order valence-corrected chi connectivity index (χ0v) is 10.1. The molecule has 16 heavy (non-hydrogen) atoms. The third-order valence-corrected chi connectivity index (χ3v) is 3.26. The molecule has 1 fully saturated rings. The van der Waals surface area contributed by atoms with E-state index in [1.165, 1.54) is 5.69 Å². The van der Waals surface area contributed by atoms with Crippen molar-refractivity contribution >= 4 is 0 Å². The van der Waals surface area contributed by atoms with Gasteiger partial charge in [-0.1, -0.05) is 6.92 Å². The van der Waals surface area contributed by atoms with Crippen LogP contribution >= 0.6 is 0 Å². The van der Waals surface area contributed by atoms with Crippen molar-refractivity contribution in [3.8, 4) is 0 Å². The number of rotatable bonds is 5. The maximum Gasteiger partial charge on any atom is 0.0625 e. The third kappa shape index (κ3) is 2.44. The average Bonchev–Trinajstić information content (AvgIpc) is 2.65. The summed E-state index contributed by atoms with van der Waals surface area (Å²) in [5.41, 5.74) is 2.41. The highest BCUT2D eigenvalue weighted by molar-refractivity contribution is 5.10. The fourth-order valence-electron chi connectivity index (χ4n) is 2.11. The summed E-state index contributed by atoms with van der Waals surface area (Å²) >= 11 is 0. The van der Waals surface area contributed by atoms with Crippen molar-refractivity contribution in [2.24, 2.45) is 0 Å². The Kier molecular flexibility index (Phi) is 3.61. The van der Waals surface area contributed by atoms with Gasteiger partial charge in [-0.25, -0.2) is 0 Å². The summed E-state index contributed by atoms with van der Waals surface area (Å²) in [6.45, 7) is 6.02. The first-order valence-electron chi connectivity index (χ1n) is 6.20. The Hall–Kier alpha value is -0.870. The fraction of sp³-hybridized carbons (Fsp3) is 0.750. The zero-order chi connectivity index (χ0) is 11.5. The molecule has 0 aliphatic heterocycles. The number of hydrogen-bond acceptors (Lipinski definition) is 3. The van der Waals surface area contributed by atoms with Crippen LogP contribution in [0, 0.1) is 0 Å². The summed E-state index contributed by atoms with van der Waals surface area (Å²) in [4.78, 5) is 0. The van der Waals surface area contributed by atoms with Gasteiger partial charge >= 0.3 is 0 Å². The first kappa shape index (κ1) is 11.6. The lowest BCUT2D eigenvalue weighted by Gasteiger charge is -2.32. The maximum absolute atomic E-state index is 9.20. The number of nitrogens with zero attached hydrogens (tertiary/aromatic N) is 2. The van der Waals surface area contributed by atoms with Crippen LogP contribution in [0.15, 0.2) is 6.07 Å². The summed E-state index contributed by atoms with van der Waals surface area (Å²) in [5.74, 6) is 0. The fourth-order valence-corrected chi connectivity index (χ4v) is 2.11. The number of hydrogen-bond donors (Lipinski definition) is 2. The van der Waals surface area contributed by atoms with Crippen LogP contribution in [0.25, 0.3) is 0 Å².